The number of nitrogens with zero attached hydrogens (tertiary/aromatic N) is 3. The molecule has 0 unspecified atom stereocenters. The molecule has 0 fully saturated rings. The van der Waals surface area contributed by atoms with E-state index in [9.17, 15) is 28.8 Å². The van der Waals surface area contributed by atoms with Gasteiger partial charge in [0.25, 0.3) is 35.4 Å². The van der Waals surface area contributed by atoms with E-state index in [0.717, 1.165) is 14.7 Å². The first-order valence-corrected chi connectivity index (χ1v) is 15.2. The Morgan fingerprint density at radius 3 is 1.16 bits per heavy atom. The number of anilines is 2. The molecular formula is C38H23N3O9. The van der Waals surface area contributed by atoms with Gasteiger partial charge < -0.3 is 14.2 Å². The van der Waals surface area contributed by atoms with Crippen LogP contribution in [-0.4, -0.2) is 54.5 Å². The third-order valence-electron chi connectivity index (χ3n) is 8.67. The van der Waals surface area contributed by atoms with E-state index >= 15 is 0 Å². The van der Waals surface area contributed by atoms with Gasteiger partial charge in [-0.05, 0) is 103 Å². The standard InChI is InChI=1S/C38H23N3O9/c1-39-33(42)27-15-12-25(18-30(27)34(39)43)50-26-13-16-29-32(19-26)38(47)41(36(29)45)21-5-9-23(10-6-21)49-22-7-3-20(4-8-22)40-35(44)28-14-11-24(48-2)17-31(28)37(40)46/h3-19H,1-2H3. The lowest BCUT2D eigenvalue weighted by molar-refractivity contribution is 0.0691. The number of benzene rings is 5. The number of amides is 6. The maximum absolute atomic E-state index is 13.4. The number of methoxy groups -OCH3 is 1. The third-order valence-corrected chi connectivity index (χ3v) is 8.67. The Hall–Kier alpha value is -7.08. The molecule has 3 heterocycles. The summed E-state index contributed by atoms with van der Waals surface area (Å²) in [5, 5.41) is 0. The second-order valence-electron chi connectivity index (χ2n) is 11.6. The van der Waals surface area contributed by atoms with Gasteiger partial charge in [-0.25, -0.2) is 9.80 Å². The number of ether oxygens (including phenoxy) is 3. The van der Waals surface area contributed by atoms with Crippen molar-refractivity contribution in [2.75, 3.05) is 24.0 Å². The Bertz CT molecular complexity index is 2350. The normalized spacial score (nSPS) is 14.7. The molecule has 0 aliphatic carbocycles. The van der Waals surface area contributed by atoms with Gasteiger partial charge in [0.2, 0.25) is 0 Å². The summed E-state index contributed by atoms with van der Waals surface area (Å²) in [5.74, 6) is -0.858. The average molecular weight is 666 g/mol. The molecule has 0 spiro atoms. The fourth-order valence-electron chi connectivity index (χ4n) is 6.10. The van der Waals surface area contributed by atoms with Gasteiger partial charge in [-0.1, -0.05) is 0 Å². The van der Waals surface area contributed by atoms with Crippen molar-refractivity contribution in [3.8, 4) is 28.7 Å². The molecule has 0 bridgehead atoms. The van der Waals surface area contributed by atoms with E-state index in [2.05, 4.69) is 0 Å². The van der Waals surface area contributed by atoms with Crippen LogP contribution in [0.25, 0.3) is 0 Å². The van der Waals surface area contributed by atoms with E-state index in [0.29, 0.717) is 39.9 Å². The van der Waals surface area contributed by atoms with Crippen molar-refractivity contribution in [3.63, 3.8) is 0 Å². The molecule has 5 aromatic carbocycles. The molecule has 0 aromatic heterocycles. The van der Waals surface area contributed by atoms with Crippen LogP contribution in [0.5, 0.6) is 28.7 Å². The zero-order chi connectivity index (χ0) is 34.8. The largest absolute Gasteiger partial charge is 0.497 e. The molecule has 0 saturated heterocycles. The maximum Gasteiger partial charge on any atom is 0.266 e. The van der Waals surface area contributed by atoms with Crippen molar-refractivity contribution in [1.29, 1.82) is 0 Å². The summed E-state index contributed by atoms with van der Waals surface area (Å²) >= 11 is 0. The third kappa shape index (κ3) is 4.69. The quantitative estimate of drug-likeness (QED) is 0.189. The van der Waals surface area contributed by atoms with E-state index in [1.807, 2.05) is 0 Å². The topological polar surface area (TPSA) is 140 Å². The predicted molar refractivity (Wildman–Crippen MR) is 178 cm³/mol. The molecule has 3 aliphatic heterocycles. The van der Waals surface area contributed by atoms with Crippen molar-refractivity contribution in [2.24, 2.45) is 0 Å². The van der Waals surface area contributed by atoms with Crippen LogP contribution in [0, 0.1) is 0 Å². The summed E-state index contributed by atoms with van der Waals surface area (Å²) in [6.07, 6.45) is 0. The van der Waals surface area contributed by atoms with E-state index in [-0.39, 0.29) is 33.6 Å². The van der Waals surface area contributed by atoms with Crippen LogP contribution >= 0.6 is 0 Å². The van der Waals surface area contributed by atoms with Gasteiger partial charge in [-0.15, -0.1) is 0 Å². The molecule has 0 radical (unpaired) electrons. The molecular weight excluding hydrogens is 642 g/mol. The fraction of sp³-hybridized carbons (Fsp3) is 0.0526. The molecule has 0 atom stereocenters. The minimum Gasteiger partial charge on any atom is -0.497 e. The molecule has 244 valence electrons. The lowest BCUT2D eigenvalue weighted by Gasteiger charge is -2.16. The minimum absolute atomic E-state index is 0.150. The number of hydrogen-bond donors (Lipinski definition) is 0. The molecule has 0 N–H and O–H groups in total. The second-order valence-corrected chi connectivity index (χ2v) is 11.6. The predicted octanol–water partition coefficient (Wildman–Crippen LogP) is 6.11. The van der Waals surface area contributed by atoms with Crippen molar-refractivity contribution >= 4 is 46.8 Å². The molecule has 6 amide bonds. The molecule has 8 rings (SSSR count). The van der Waals surface area contributed by atoms with Crippen LogP contribution < -0.4 is 24.0 Å². The summed E-state index contributed by atoms with van der Waals surface area (Å²) in [5.41, 5.74) is 2.13. The van der Waals surface area contributed by atoms with Gasteiger partial charge in [0.1, 0.15) is 28.7 Å². The highest BCUT2D eigenvalue weighted by atomic mass is 16.5. The van der Waals surface area contributed by atoms with Crippen LogP contribution in [0.2, 0.25) is 0 Å². The summed E-state index contributed by atoms with van der Waals surface area (Å²) < 4.78 is 17.0. The van der Waals surface area contributed by atoms with Gasteiger partial charge in [-0.3, -0.25) is 33.7 Å². The summed E-state index contributed by atoms with van der Waals surface area (Å²) in [6.45, 7) is 0. The van der Waals surface area contributed by atoms with Crippen molar-refractivity contribution in [3.05, 3.63) is 137 Å². The highest BCUT2D eigenvalue weighted by Crippen LogP contribution is 2.36. The van der Waals surface area contributed by atoms with Gasteiger partial charge in [0.15, 0.2) is 0 Å². The van der Waals surface area contributed by atoms with Crippen LogP contribution in [0.3, 0.4) is 0 Å². The average Bonchev–Trinajstić information content (AvgIpc) is 3.63. The van der Waals surface area contributed by atoms with E-state index in [4.69, 9.17) is 14.2 Å². The number of rotatable bonds is 7. The Balaban J connectivity index is 0.949. The molecule has 3 aliphatic rings. The van der Waals surface area contributed by atoms with Gasteiger partial charge in [-0.2, -0.15) is 0 Å². The first kappa shape index (κ1) is 30.3. The van der Waals surface area contributed by atoms with E-state index in [1.54, 1.807) is 72.8 Å². The number of carbonyl (C=O) groups excluding carboxylic acids is 6. The summed E-state index contributed by atoms with van der Waals surface area (Å²) in [7, 11) is 2.89. The molecule has 5 aromatic rings. The van der Waals surface area contributed by atoms with Crippen LogP contribution in [-0.2, 0) is 0 Å². The van der Waals surface area contributed by atoms with Gasteiger partial charge in [0, 0.05) is 7.05 Å². The Kier molecular flexibility index (Phi) is 6.82. The highest BCUT2D eigenvalue weighted by molar-refractivity contribution is 6.35. The number of imide groups is 3. The smallest absolute Gasteiger partial charge is 0.266 e. The zero-order valence-corrected chi connectivity index (χ0v) is 26.3. The van der Waals surface area contributed by atoms with E-state index in [1.165, 1.54) is 44.5 Å². The Labute approximate surface area is 283 Å². The van der Waals surface area contributed by atoms with Crippen molar-refractivity contribution in [1.82, 2.24) is 4.90 Å². The molecule has 50 heavy (non-hydrogen) atoms. The molecule has 12 heteroatoms. The summed E-state index contributed by atoms with van der Waals surface area (Å²) in [4.78, 5) is 80.4. The fourth-order valence-corrected chi connectivity index (χ4v) is 6.10. The number of hydrogen-bond acceptors (Lipinski definition) is 9. The molecule has 12 nitrogen and oxygen atoms in total. The minimum atomic E-state index is -0.539. The number of fused-ring (bicyclic) bond motifs is 3. The van der Waals surface area contributed by atoms with Crippen LogP contribution in [0.15, 0.2) is 103 Å². The van der Waals surface area contributed by atoms with Gasteiger partial charge >= 0.3 is 0 Å². The maximum atomic E-state index is 13.4. The first-order chi connectivity index (χ1) is 24.1. The lowest BCUT2D eigenvalue weighted by Crippen LogP contribution is -2.29. The van der Waals surface area contributed by atoms with Crippen molar-refractivity contribution < 1.29 is 43.0 Å². The first-order valence-electron chi connectivity index (χ1n) is 15.2. The summed E-state index contributed by atoms with van der Waals surface area (Å²) in [6, 6.07) is 26.6. The SMILES string of the molecule is COc1ccc2c(c1)C(=O)N(c1ccc(Oc3ccc(N4C(=O)c5ccc(Oc6ccc7c(c6)C(=O)N(C)C7=O)cc5C4=O)cc3)cc1)C2=O. The van der Waals surface area contributed by atoms with Crippen LogP contribution in [0.1, 0.15) is 62.1 Å². The van der Waals surface area contributed by atoms with Crippen LogP contribution in [0.4, 0.5) is 11.4 Å². The van der Waals surface area contributed by atoms with Gasteiger partial charge in [0.05, 0.1) is 51.9 Å². The Morgan fingerprint density at radius 2 is 0.700 bits per heavy atom. The molecule has 0 saturated carbocycles. The highest BCUT2D eigenvalue weighted by Gasteiger charge is 2.38. The second kappa shape index (κ2) is 11.3. The Morgan fingerprint density at radius 1 is 0.380 bits per heavy atom. The lowest BCUT2D eigenvalue weighted by atomic mass is 10.1. The van der Waals surface area contributed by atoms with E-state index < -0.39 is 35.4 Å². The van der Waals surface area contributed by atoms with Crippen molar-refractivity contribution in [2.45, 2.75) is 0 Å². The zero-order valence-electron chi connectivity index (χ0n) is 26.3. The number of carbonyl (C=O) groups is 6. The monoisotopic (exact) mass is 665 g/mol.